The molecule has 5 nitrogen and oxygen atoms in total. The number of ether oxygens (including phenoxy) is 1. The number of amides is 2. The number of hydrogen-bond donors (Lipinski definition) is 0. The summed E-state index contributed by atoms with van der Waals surface area (Å²) in [5.41, 5.74) is 0.488. The van der Waals surface area contributed by atoms with E-state index in [4.69, 9.17) is 4.74 Å². The van der Waals surface area contributed by atoms with E-state index >= 15 is 0 Å². The third kappa shape index (κ3) is 2.94. The first-order valence-corrected chi connectivity index (χ1v) is 6.35. The Kier molecular flexibility index (Phi) is 4.07. The van der Waals surface area contributed by atoms with Crippen molar-refractivity contribution < 1.29 is 19.1 Å². The zero-order valence-corrected chi connectivity index (χ0v) is 11.5. The first-order valence-electron chi connectivity index (χ1n) is 5.27. The van der Waals surface area contributed by atoms with E-state index in [9.17, 15) is 14.4 Å². The molecular weight excluding hydrogens is 349 g/mol. The normalized spacial score (nSPS) is 15.9. The van der Waals surface area contributed by atoms with Crippen LogP contribution in [-0.2, 0) is 14.3 Å². The van der Waals surface area contributed by atoms with Gasteiger partial charge in [-0.2, -0.15) is 0 Å². The molecule has 1 heterocycles. The standard InChI is InChI=1S/C12H10INO4/c13-9-3-1-8(2-4-9)10(15)5-14-11(16)6-18-7-12(14)17/h1-4H,5-7H2. The van der Waals surface area contributed by atoms with Gasteiger partial charge in [0.2, 0.25) is 0 Å². The zero-order chi connectivity index (χ0) is 13.1. The van der Waals surface area contributed by atoms with Crippen LogP contribution in [-0.4, -0.2) is 42.3 Å². The van der Waals surface area contributed by atoms with Gasteiger partial charge in [-0.15, -0.1) is 0 Å². The molecule has 0 aromatic heterocycles. The summed E-state index contributed by atoms with van der Waals surface area (Å²) < 4.78 is 5.79. The summed E-state index contributed by atoms with van der Waals surface area (Å²) in [4.78, 5) is 35.8. The Morgan fingerprint density at radius 1 is 1.17 bits per heavy atom. The number of benzene rings is 1. The first-order chi connectivity index (χ1) is 8.58. The highest BCUT2D eigenvalue weighted by molar-refractivity contribution is 14.1. The highest BCUT2D eigenvalue weighted by Gasteiger charge is 2.28. The van der Waals surface area contributed by atoms with E-state index in [-0.39, 0.29) is 25.5 Å². The number of carbonyl (C=O) groups is 3. The molecule has 0 unspecified atom stereocenters. The Morgan fingerprint density at radius 3 is 2.28 bits per heavy atom. The number of morpholine rings is 1. The van der Waals surface area contributed by atoms with Crippen LogP contribution < -0.4 is 0 Å². The molecule has 0 spiro atoms. The maximum atomic E-state index is 11.9. The molecule has 1 aliphatic heterocycles. The third-order valence-electron chi connectivity index (χ3n) is 2.52. The van der Waals surface area contributed by atoms with Gasteiger partial charge in [-0.05, 0) is 34.7 Å². The van der Waals surface area contributed by atoms with Gasteiger partial charge in [0, 0.05) is 9.13 Å². The molecular formula is C12H10INO4. The minimum absolute atomic E-state index is 0.147. The van der Waals surface area contributed by atoms with Gasteiger partial charge in [-0.25, -0.2) is 0 Å². The van der Waals surface area contributed by atoms with E-state index in [0.29, 0.717) is 5.56 Å². The molecule has 1 saturated heterocycles. The summed E-state index contributed by atoms with van der Waals surface area (Å²) in [5.74, 6) is -1.19. The van der Waals surface area contributed by atoms with E-state index in [1.807, 2.05) is 0 Å². The molecule has 1 aromatic rings. The number of Topliss-reactive ketones (excluding diaryl/α,β-unsaturated/α-hetero) is 1. The molecule has 18 heavy (non-hydrogen) atoms. The fourth-order valence-corrected chi connectivity index (χ4v) is 1.93. The molecule has 2 rings (SSSR count). The number of halogens is 1. The maximum Gasteiger partial charge on any atom is 0.255 e. The van der Waals surface area contributed by atoms with Crippen LogP contribution in [0.25, 0.3) is 0 Å². The Morgan fingerprint density at radius 2 is 1.72 bits per heavy atom. The lowest BCUT2D eigenvalue weighted by Crippen LogP contribution is -2.48. The average Bonchev–Trinajstić information content (AvgIpc) is 2.34. The van der Waals surface area contributed by atoms with Crippen LogP contribution in [0.5, 0.6) is 0 Å². The molecule has 1 aliphatic rings. The number of imide groups is 1. The van der Waals surface area contributed by atoms with Crippen LogP contribution in [0.4, 0.5) is 0 Å². The summed E-state index contributed by atoms with van der Waals surface area (Å²) >= 11 is 2.14. The van der Waals surface area contributed by atoms with Gasteiger partial charge in [0.05, 0.1) is 6.54 Å². The fraction of sp³-hybridized carbons (Fsp3) is 0.250. The number of ketones is 1. The number of hydrogen-bond acceptors (Lipinski definition) is 4. The highest BCUT2D eigenvalue weighted by Crippen LogP contribution is 2.09. The summed E-state index contributed by atoms with van der Waals surface area (Å²) in [5, 5.41) is 0. The Balaban J connectivity index is 2.08. The Bertz CT molecular complexity index is 481. The van der Waals surface area contributed by atoms with Crippen LogP contribution in [0, 0.1) is 3.57 Å². The number of nitrogens with zero attached hydrogens (tertiary/aromatic N) is 1. The van der Waals surface area contributed by atoms with Crippen molar-refractivity contribution in [3.05, 3.63) is 33.4 Å². The van der Waals surface area contributed by atoms with E-state index in [0.717, 1.165) is 8.47 Å². The maximum absolute atomic E-state index is 11.9. The van der Waals surface area contributed by atoms with E-state index in [1.54, 1.807) is 24.3 Å². The smallest absolute Gasteiger partial charge is 0.255 e. The third-order valence-corrected chi connectivity index (χ3v) is 3.24. The summed E-state index contributed by atoms with van der Waals surface area (Å²) in [6.45, 7) is -0.515. The predicted octanol–water partition coefficient (Wildman–Crippen LogP) is 0.859. The van der Waals surface area contributed by atoms with Gasteiger partial charge in [0.15, 0.2) is 5.78 Å². The summed E-state index contributed by atoms with van der Waals surface area (Å²) in [6.07, 6.45) is 0. The van der Waals surface area contributed by atoms with E-state index < -0.39 is 11.8 Å². The van der Waals surface area contributed by atoms with Crippen molar-refractivity contribution in [2.24, 2.45) is 0 Å². The molecule has 1 fully saturated rings. The van der Waals surface area contributed by atoms with E-state index in [1.165, 1.54) is 0 Å². The van der Waals surface area contributed by atoms with Crippen molar-refractivity contribution in [1.29, 1.82) is 0 Å². The molecule has 0 bridgehead atoms. The molecule has 0 atom stereocenters. The van der Waals surface area contributed by atoms with Crippen LogP contribution in [0.3, 0.4) is 0 Å². The monoisotopic (exact) mass is 359 g/mol. The van der Waals surface area contributed by atoms with Crippen molar-refractivity contribution in [3.63, 3.8) is 0 Å². The molecule has 1 aromatic carbocycles. The van der Waals surface area contributed by atoms with Gasteiger partial charge in [-0.3, -0.25) is 19.3 Å². The van der Waals surface area contributed by atoms with E-state index in [2.05, 4.69) is 22.6 Å². The fourth-order valence-electron chi connectivity index (χ4n) is 1.57. The predicted molar refractivity (Wildman–Crippen MR) is 71.0 cm³/mol. The van der Waals surface area contributed by atoms with Gasteiger partial charge in [0.1, 0.15) is 13.2 Å². The Labute approximate surface area is 117 Å². The topological polar surface area (TPSA) is 63.7 Å². The SMILES string of the molecule is O=C(CN1C(=O)COCC1=O)c1ccc(I)cc1. The minimum atomic E-state index is -0.467. The highest BCUT2D eigenvalue weighted by atomic mass is 127. The molecule has 0 N–H and O–H groups in total. The Hall–Kier alpha value is -1.28. The van der Waals surface area contributed by atoms with Crippen LogP contribution in [0.1, 0.15) is 10.4 Å². The first kappa shape index (κ1) is 13.2. The zero-order valence-electron chi connectivity index (χ0n) is 9.39. The van der Waals surface area contributed by atoms with Crippen LogP contribution in [0.15, 0.2) is 24.3 Å². The van der Waals surface area contributed by atoms with Crippen molar-refractivity contribution >= 4 is 40.2 Å². The minimum Gasteiger partial charge on any atom is -0.362 e. The second-order valence-corrected chi connectivity index (χ2v) is 5.04. The molecule has 6 heteroatoms. The lowest BCUT2D eigenvalue weighted by Gasteiger charge is -2.24. The van der Waals surface area contributed by atoms with Crippen molar-refractivity contribution in [2.75, 3.05) is 19.8 Å². The van der Waals surface area contributed by atoms with Gasteiger partial charge in [-0.1, -0.05) is 12.1 Å². The van der Waals surface area contributed by atoms with Gasteiger partial charge < -0.3 is 4.74 Å². The second-order valence-electron chi connectivity index (χ2n) is 3.80. The van der Waals surface area contributed by atoms with Crippen LogP contribution in [0.2, 0.25) is 0 Å². The van der Waals surface area contributed by atoms with Crippen molar-refractivity contribution in [2.45, 2.75) is 0 Å². The van der Waals surface area contributed by atoms with Gasteiger partial charge >= 0.3 is 0 Å². The molecule has 2 amide bonds. The second kappa shape index (κ2) is 5.57. The summed E-state index contributed by atoms with van der Waals surface area (Å²) in [7, 11) is 0. The number of rotatable bonds is 3. The van der Waals surface area contributed by atoms with Gasteiger partial charge in [0.25, 0.3) is 11.8 Å². The largest absolute Gasteiger partial charge is 0.362 e. The molecule has 0 saturated carbocycles. The van der Waals surface area contributed by atoms with Crippen LogP contribution >= 0.6 is 22.6 Å². The van der Waals surface area contributed by atoms with Crippen molar-refractivity contribution in [3.8, 4) is 0 Å². The molecule has 0 radical (unpaired) electrons. The number of carbonyl (C=O) groups excluding carboxylic acids is 3. The quantitative estimate of drug-likeness (QED) is 0.456. The molecule has 0 aliphatic carbocycles. The average molecular weight is 359 g/mol. The summed E-state index contributed by atoms with van der Waals surface area (Å²) in [6, 6.07) is 6.96. The lowest BCUT2D eigenvalue weighted by atomic mass is 10.1. The van der Waals surface area contributed by atoms with Crippen molar-refractivity contribution in [1.82, 2.24) is 4.90 Å². The molecule has 94 valence electrons. The lowest BCUT2D eigenvalue weighted by molar-refractivity contribution is -0.157.